The highest BCUT2D eigenvalue weighted by Gasteiger charge is 2.32. The summed E-state index contributed by atoms with van der Waals surface area (Å²) in [5, 5.41) is 18.9. The van der Waals surface area contributed by atoms with Crippen LogP contribution in [0.1, 0.15) is 5.56 Å². The minimum atomic E-state index is -0.996. The van der Waals surface area contributed by atoms with Gasteiger partial charge in [-0.1, -0.05) is 36.0 Å². The van der Waals surface area contributed by atoms with Crippen molar-refractivity contribution in [2.75, 3.05) is 17.8 Å². The van der Waals surface area contributed by atoms with Crippen LogP contribution in [-0.4, -0.2) is 40.1 Å². The number of amides is 1. The zero-order valence-corrected chi connectivity index (χ0v) is 15.1. The first-order valence-electron chi connectivity index (χ1n) is 7.91. The van der Waals surface area contributed by atoms with Crippen LogP contribution in [0.25, 0.3) is 6.08 Å². The Bertz CT molecular complexity index is 940. The van der Waals surface area contributed by atoms with Gasteiger partial charge in [-0.05, 0) is 35.9 Å². The fraction of sp³-hybridized carbons (Fsp3) is 0.105. The van der Waals surface area contributed by atoms with Crippen molar-refractivity contribution >= 4 is 40.6 Å². The highest BCUT2D eigenvalue weighted by molar-refractivity contribution is 8.14. The molecule has 2 aromatic rings. The zero-order chi connectivity index (χ0) is 19.4. The Labute approximate surface area is 159 Å². The number of carbonyl (C=O) groups is 2. The predicted octanol–water partition coefficient (Wildman–Crippen LogP) is 2.96. The number of carboxylic acids is 1. The van der Waals surface area contributed by atoms with E-state index < -0.39 is 5.97 Å². The highest BCUT2D eigenvalue weighted by atomic mass is 32.2. The maximum absolute atomic E-state index is 12.9. The van der Waals surface area contributed by atoms with Gasteiger partial charge in [-0.2, -0.15) is 0 Å². The number of hydrogen-bond acceptors (Lipinski definition) is 6. The molecule has 0 radical (unpaired) electrons. The van der Waals surface area contributed by atoms with Crippen molar-refractivity contribution in [3.8, 4) is 11.5 Å². The molecule has 0 aliphatic carbocycles. The molecule has 2 aromatic carbocycles. The van der Waals surface area contributed by atoms with Crippen LogP contribution in [0.5, 0.6) is 11.5 Å². The van der Waals surface area contributed by atoms with Gasteiger partial charge in [-0.25, -0.2) is 4.99 Å². The summed E-state index contributed by atoms with van der Waals surface area (Å²) in [6, 6.07) is 13.6. The normalized spacial score (nSPS) is 15.1. The number of ether oxygens (including phenoxy) is 1. The smallest absolute Gasteiger partial charge is 0.313 e. The Hall–Kier alpha value is -3.26. The third-order valence-electron chi connectivity index (χ3n) is 3.68. The number of aliphatic imine (C=N–C) groups is 1. The highest BCUT2D eigenvalue weighted by Crippen LogP contribution is 2.31. The van der Waals surface area contributed by atoms with E-state index >= 15 is 0 Å². The molecule has 7 nitrogen and oxygen atoms in total. The van der Waals surface area contributed by atoms with Gasteiger partial charge in [0.15, 0.2) is 16.7 Å². The van der Waals surface area contributed by atoms with E-state index in [9.17, 15) is 14.7 Å². The molecule has 0 bridgehead atoms. The molecule has 0 fully saturated rings. The molecule has 0 saturated heterocycles. The number of thioether (sulfide) groups is 1. The van der Waals surface area contributed by atoms with Crippen LogP contribution in [0.4, 0.5) is 5.69 Å². The molecular weight excluding hydrogens is 368 g/mol. The molecule has 1 aliphatic heterocycles. The number of benzene rings is 2. The van der Waals surface area contributed by atoms with E-state index in [4.69, 9.17) is 9.84 Å². The van der Waals surface area contributed by atoms with Gasteiger partial charge in [-0.3, -0.25) is 14.5 Å². The predicted molar refractivity (Wildman–Crippen MR) is 104 cm³/mol. The molecule has 138 valence electrons. The van der Waals surface area contributed by atoms with Crippen molar-refractivity contribution in [3.05, 3.63) is 59.8 Å². The fourth-order valence-electron chi connectivity index (χ4n) is 2.47. The van der Waals surface area contributed by atoms with Gasteiger partial charge < -0.3 is 14.9 Å². The molecule has 1 amide bonds. The van der Waals surface area contributed by atoms with Crippen molar-refractivity contribution < 1.29 is 24.5 Å². The minimum Gasteiger partial charge on any atom is -0.504 e. The molecule has 27 heavy (non-hydrogen) atoms. The summed E-state index contributed by atoms with van der Waals surface area (Å²) in [7, 11) is 1.43. The molecule has 1 heterocycles. The summed E-state index contributed by atoms with van der Waals surface area (Å²) in [5.41, 5.74) is 1.39. The van der Waals surface area contributed by atoms with Gasteiger partial charge in [0.1, 0.15) is 5.70 Å². The van der Waals surface area contributed by atoms with Crippen LogP contribution in [0.2, 0.25) is 0 Å². The Morgan fingerprint density at radius 1 is 1.26 bits per heavy atom. The average molecular weight is 384 g/mol. The molecule has 0 saturated carbocycles. The lowest BCUT2D eigenvalue weighted by Crippen LogP contribution is -2.30. The van der Waals surface area contributed by atoms with Crippen LogP contribution in [0.3, 0.4) is 0 Å². The lowest BCUT2D eigenvalue weighted by Gasteiger charge is -2.17. The summed E-state index contributed by atoms with van der Waals surface area (Å²) in [6.45, 7) is 0. The fourth-order valence-corrected chi connectivity index (χ4v) is 3.20. The van der Waals surface area contributed by atoms with E-state index in [1.54, 1.807) is 42.5 Å². The summed E-state index contributed by atoms with van der Waals surface area (Å²) in [5.74, 6) is -1.30. The lowest BCUT2D eigenvalue weighted by atomic mass is 10.1. The molecule has 0 unspecified atom stereocenters. The second-order valence-electron chi connectivity index (χ2n) is 5.51. The number of para-hydroxylation sites is 1. The maximum atomic E-state index is 12.9. The number of carbonyl (C=O) groups excluding carboxylic acids is 1. The van der Waals surface area contributed by atoms with E-state index in [1.807, 2.05) is 6.07 Å². The van der Waals surface area contributed by atoms with Gasteiger partial charge in [0, 0.05) is 0 Å². The van der Waals surface area contributed by atoms with Crippen LogP contribution in [0, 0.1) is 0 Å². The van der Waals surface area contributed by atoms with Crippen LogP contribution in [0.15, 0.2) is 59.2 Å². The number of aromatic hydroxyl groups is 1. The van der Waals surface area contributed by atoms with E-state index in [-0.39, 0.29) is 28.9 Å². The number of methoxy groups -OCH3 is 1. The molecule has 2 N–H and O–H groups in total. The first kappa shape index (κ1) is 18.5. The van der Waals surface area contributed by atoms with Crippen LogP contribution < -0.4 is 9.64 Å². The maximum Gasteiger partial charge on any atom is 0.313 e. The summed E-state index contributed by atoms with van der Waals surface area (Å²) in [4.78, 5) is 29.5. The Morgan fingerprint density at radius 2 is 2.00 bits per heavy atom. The van der Waals surface area contributed by atoms with Gasteiger partial charge in [0.2, 0.25) is 0 Å². The molecule has 0 aromatic heterocycles. The van der Waals surface area contributed by atoms with Crippen molar-refractivity contribution in [3.63, 3.8) is 0 Å². The monoisotopic (exact) mass is 384 g/mol. The Kier molecular flexibility index (Phi) is 5.46. The summed E-state index contributed by atoms with van der Waals surface area (Å²) in [6.07, 6.45) is 1.56. The number of rotatable bonds is 5. The van der Waals surface area contributed by atoms with Crippen molar-refractivity contribution in [1.82, 2.24) is 0 Å². The zero-order valence-electron chi connectivity index (χ0n) is 14.3. The molecule has 1 aliphatic rings. The van der Waals surface area contributed by atoms with E-state index in [1.165, 1.54) is 18.1 Å². The molecule has 0 atom stereocenters. The third-order valence-corrected chi connectivity index (χ3v) is 4.60. The van der Waals surface area contributed by atoms with Gasteiger partial charge in [0.05, 0.1) is 18.6 Å². The van der Waals surface area contributed by atoms with Crippen LogP contribution >= 0.6 is 11.8 Å². The number of anilines is 1. The second kappa shape index (κ2) is 7.96. The third kappa shape index (κ3) is 4.12. The molecule has 8 heteroatoms. The number of phenols is 1. The van der Waals surface area contributed by atoms with Gasteiger partial charge in [0.25, 0.3) is 5.91 Å². The summed E-state index contributed by atoms with van der Waals surface area (Å²) < 4.78 is 5.07. The number of phenolic OH excluding ortho intramolecular Hbond substituents is 1. The van der Waals surface area contributed by atoms with Crippen molar-refractivity contribution in [2.24, 2.45) is 4.99 Å². The standard InChI is InChI=1S/C19H16N2O5S/c1-26-16-10-12(7-8-15(16)22)9-14-18(25)21(13-5-3-2-4-6-13)19(20-14)27-11-17(23)24/h2-10,22H,11H2,1H3,(H,23,24)/b14-9-. The Morgan fingerprint density at radius 3 is 2.67 bits per heavy atom. The van der Waals surface area contributed by atoms with Gasteiger partial charge >= 0.3 is 5.97 Å². The number of nitrogens with zero attached hydrogens (tertiary/aromatic N) is 2. The molecule has 0 spiro atoms. The van der Waals surface area contributed by atoms with E-state index in [0.29, 0.717) is 16.4 Å². The van der Waals surface area contributed by atoms with Crippen molar-refractivity contribution in [1.29, 1.82) is 0 Å². The van der Waals surface area contributed by atoms with Crippen LogP contribution in [-0.2, 0) is 9.59 Å². The number of amidine groups is 1. The minimum absolute atomic E-state index is 0.00971. The SMILES string of the molecule is COc1cc(/C=C2\N=C(SCC(=O)O)N(c3ccccc3)C2=O)ccc1O. The topological polar surface area (TPSA) is 99.4 Å². The Balaban J connectivity index is 1.98. The largest absolute Gasteiger partial charge is 0.504 e. The number of carboxylic acid groups (broad SMARTS) is 1. The van der Waals surface area contributed by atoms with Crippen molar-refractivity contribution in [2.45, 2.75) is 0 Å². The van der Waals surface area contributed by atoms with Gasteiger partial charge in [-0.15, -0.1) is 0 Å². The first-order valence-corrected chi connectivity index (χ1v) is 8.89. The number of aliphatic carboxylic acids is 1. The summed E-state index contributed by atoms with van der Waals surface area (Å²) >= 11 is 0.973. The number of hydrogen-bond donors (Lipinski definition) is 2. The molecule has 3 rings (SSSR count). The molecular formula is C19H16N2O5S. The van der Waals surface area contributed by atoms with E-state index in [2.05, 4.69) is 4.99 Å². The lowest BCUT2D eigenvalue weighted by molar-refractivity contribution is -0.133. The quantitative estimate of drug-likeness (QED) is 0.769. The second-order valence-corrected chi connectivity index (χ2v) is 6.46. The first-order chi connectivity index (χ1) is 13.0. The average Bonchev–Trinajstić information content (AvgIpc) is 2.97. The van der Waals surface area contributed by atoms with E-state index in [0.717, 1.165) is 11.8 Å².